The van der Waals surface area contributed by atoms with Gasteiger partial charge in [-0.1, -0.05) is 41.1 Å². The minimum atomic E-state index is -0.618. The summed E-state index contributed by atoms with van der Waals surface area (Å²) in [6.45, 7) is 7.00. The van der Waals surface area contributed by atoms with Crippen LogP contribution in [0.2, 0.25) is 0 Å². The molecule has 1 amide bonds. The number of amides is 1. The second-order valence-corrected chi connectivity index (χ2v) is 6.33. The number of nitrogens with one attached hydrogen (secondary N) is 2. The highest BCUT2D eigenvalue weighted by atomic mass is 16.5. The highest BCUT2D eigenvalue weighted by Crippen LogP contribution is 2.27. The van der Waals surface area contributed by atoms with Crippen LogP contribution < -0.4 is 10.6 Å². The number of nitrogens with zero attached hydrogens (tertiary/aromatic N) is 1. The normalized spacial score (nSPS) is 20.0. The molecule has 1 saturated heterocycles. The second-order valence-electron chi connectivity index (χ2n) is 6.33. The number of carbonyl (C=O) groups is 1. The Morgan fingerprint density at radius 3 is 2.92 bits per heavy atom. The van der Waals surface area contributed by atoms with E-state index >= 15 is 0 Å². The van der Waals surface area contributed by atoms with Gasteiger partial charge in [-0.25, -0.2) is 0 Å². The Balaban J connectivity index is 1.77. The van der Waals surface area contributed by atoms with Crippen LogP contribution in [0.5, 0.6) is 0 Å². The first kappa shape index (κ1) is 16.5. The topological polar surface area (TPSA) is 67.2 Å². The lowest BCUT2D eigenvalue weighted by Gasteiger charge is -2.26. The average Bonchev–Trinajstić information content (AvgIpc) is 3.24. The molecule has 0 spiro atoms. The van der Waals surface area contributed by atoms with Crippen LogP contribution in [-0.4, -0.2) is 29.7 Å². The van der Waals surface area contributed by atoms with E-state index in [1.165, 1.54) is 5.56 Å². The Morgan fingerprint density at radius 2 is 2.25 bits per heavy atom. The maximum Gasteiger partial charge on any atom is 0.241 e. The van der Waals surface area contributed by atoms with E-state index in [4.69, 9.17) is 4.52 Å². The lowest BCUT2D eigenvalue weighted by atomic mass is 9.90. The van der Waals surface area contributed by atoms with E-state index in [0.29, 0.717) is 18.7 Å². The molecule has 5 heteroatoms. The molecular formula is C19H23N3O2. The lowest BCUT2D eigenvalue weighted by molar-refractivity contribution is -0.127. The van der Waals surface area contributed by atoms with E-state index in [2.05, 4.69) is 29.3 Å². The molecule has 24 heavy (non-hydrogen) atoms. The number of aryl methyl sites for hydroxylation is 1. The predicted molar refractivity (Wildman–Crippen MR) is 93.6 cm³/mol. The van der Waals surface area contributed by atoms with Gasteiger partial charge in [0.2, 0.25) is 5.91 Å². The fraction of sp³-hybridized carbons (Fsp3) is 0.368. The van der Waals surface area contributed by atoms with Crippen molar-refractivity contribution in [1.82, 2.24) is 15.8 Å². The summed E-state index contributed by atoms with van der Waals surface area (Å²) in [4.78, 5) is 12.6. The van der Waals surface area contributed by atoms with Crippen LogP contribution in [0.4, 0.5) is 0 Å². The minimum absolute atomic E-state index is 0.00631. The molecule has 126 valence electrons. The number of rotatable bonds is 6. The van der Waals surface area contributed by atoms with Gasteiger partial charge in [-0.05, 0) is 26.3 Å². The van der Waals surface area contributed by atoms with Gasteiger partial charge >= 0.3 is 0 Å². The van der Waals surface area contributed by atoms with Crippen LogP contribution in [0.1, 0.15) is 24.2 Å². The van der Waals surface area contributed by atoms with Gasteiger partial charge in [0.25, 0.3) is 0 Å². The highest BCUT2D eigenvalue weighted by molar-refractivity contribution is 5.87. The van der Waals surface area contributed by atoms with E-state index in [-0.39, 0.29) is 5.91 Å². The molecule has 2 heterocycles. The van der Waals surface area contributed by atoms with Gasteiger partial charge in [0, 0.05) is 24.6 Å². The molecule has 0 radical (unpaired) electrons. The van der Waals surface area contributed by atoms with Crippen molar-refractivity contribution in [3.63, 3.8) is 0 Å². The van der Waals surface area contributed by atoms with E-state index in [1.807, 2.05) is 30.3 Å². The van der Waals surface area contributed by atoms with Crippen LogP contribution >= 0.6 is 0 Å². The van der Waals surface area contributed by atoms with Gasteiger partial charge < -0.3 is 15.2 Å². The number of carbonyl (C=O) groups excluding carboxylic acids is 1. The first-order valence-electron chi connectivity index (χ1n) is 8.30. The van der Waals surface area contributed by atoms with Crippen molar-refractivity contribution in [2.24, 2.45) is 0 Å². The van der Waals surface area contributed by atoms with Crippen molar-refractivity contribution in [3.05, 3.63) is 54.3 Å². The zero-order valence-electron chi connectivity index (χ0n) is 14.0. The van der Waals surface area contributed by atoms with Crippen LogP contribution in [-0.2, 0) is 11.2 Å². The van der Waals surface area contributed by atoms with Crippen LogP contribution in [0.15, 0.2) is 47.5 Å². The Kier molecular flexibility index (Phi) is 4.81. The maximum absolute atomic E-state index is 12.6. The molecule has 0 bridgehead atoms. The summed E-state index contributed by atoms with van der Waals surface area (Å²) in [6, 6.07) is 10.1. The van der Waals surface area contributed by atoms with E-state index in [0.717, 1.165) is 30.6 Å². The molecule has 0 saturated carbocycles. The number of aromatic nitrogens is 1. The molecule has 2 aromatic rings. The van der Waals surface area contributed by atoms with E-state index in [9.17, 15) is 4.79 Å². The number of hydrogen-bond donors (Lipinski definition) is 2. The third-order valence-corrected chi connectivity index (χ3v) is 4.47. The standard InChI is InChI=1S/C19H23N3O2/c1-3-10-20-18(23)19(9-4-11-21-19)13-16-12-17(22-24-16)15-7-5-14(2)6-8-15/h3,5-8,12,21H,1,4,9-11,13H2,2H3,(H,20,23)/t19-/m1/s1. The van der Waals surface area contributed by atoms with E-state index in [1.54, 1.807) is 6.08 Å². The minimum Gasteiger partial charge on any atom is -0.361 e. The molecule has 1 aliphatic rings. The molecule has 1 aromatic heterocycles. The first-order chi connectivity index (χ1) is 11.6. The quantitative estimate of drug-likeness (QED) is 0.801. The first-order valence-corrected chi connectivity index (χ1v) is 8.30. The van der Waals surface area contributed by atoms with Crippen LogP contribution in [0.3, 0.4) is 0 Å². The average molecular weight is 325 g/mol. The van der Waals surface area contributed by atoms with Crippen molar-refractivity contribution < 1.29 is 9.32 Å². The van der Waals surface area contributed by atoms with Gasteiger partial charge in [-0.3, -0.25) is 4.79 Å². The SMILES string of the molecule is C=CCNC(=O)[C@]1(Cc2cc(-c3ccc(C)cc3)no2)CCCN1. The van der Waals surface area contributed by atoms with E-state index < -0.39 is 5.54 Å². The molecule has 3 rings (SSSR count). The van der Waals surface area contributed by atoms with Gasteiger partial charge in [0.1, 0.15) is 17.0 Å². The molecule has 0 aliphatic carbocycles. The molecule has 1 aromatic carbocycles. The third-order valence-electron chi connectivity index (χ3n) is 4.47. The van der Waals surface area contributed by atoms with Crippen LogP contribution in [0, 0.1) is 6.92 Å². The summed E-state index contributed by atoms with van der Waals surface area (Å²) in [6.07, 6.45) is 3.94. The molecule has 1 fully saturated rings. The van der Waals surface area contributed by atoms with Gasteiger partial charge in [0.05, 0.1) is 0 Å². The van der Waals surface area contributed by atoms with Crippen molar-refractivity contribution in [3.8, 4) is 11.3 Å². The van der Waals surface area contributed by atoms with Crippen molar-refractivity contribution in [1.29, 1.82) is 0 Å². The van der Waals surface area contributed by atoms with Crippen molar-refractivity contribution >= 4 is 5.91 Å². The van der Waals surface area contributed by atoms with Gasteiger partial charge in [-0.2, -0.15) is 0 Å². The summed E-state index contributed by atoms with van der Waals surface area (Å²) in [5.74, 6) is 0.710. The number of hydrogen-bond acceptors (Lipinski definition) is 4. The smallest absolute Gasteiger partial charge is 0.241 e. The predicted octanol–water partition coefficient (Wildman–Crippen LogP) is 2.62. The third kappa shape index (κ3) is 3.41. The Hall–Kier alpha value is -2.40. The fourth-order valence-electron chi connectivity index (χ4n) is 3.12. The molecule has 1 aliphatic heterocycles. The number of benzene rings is 1. The largest absolute Gasteiger partial charge is 0.361 e. The van der Waals surface area contributed by atoms with Gasteiger partial charge in [-0.15, -0.1) is 6.58 Å². The monoisotopic (exact) mass is 325 g/mol. The van der Waals surface area contributed by atoms with Crippen LogP contribution in [0.25, 0.3) is 11.3 Å². The summed E-state index contributed by atoms with van der Waals surface area (Å²) in [5.41, 5.74) is 2.40. The summed E-state index contributed by atoms with van der Waals surface area (Å²) < 4.78 is 5.50. The Bertz CT molecular complexity index is 712. The zero-order valence-corrected chi connectivity index (χ0v) is 14.0. The van der Waals surface area contributed by atoms with Crippen molar-refractivity contribution in [2.45, 2.75) is 31.7 Å². The van der Waals surface area contributed by atoms with Crippen molar-refractivity contribution in [2.75, 3.05) is 13.1 Å². The summed E-state index contributed by atoms with van der Waals surface area (Å²) in [7, 11) is 0. The highest BCUT2D eigenvalue weighted by Gasteiger charge is 2.41. The van der Waals surface area contributed by atoms with Gasteiger partial charge in [0.15, 0.2) is 0 Å². The molecule has 0 unspecified atom stereocenters. The molecular weight excluding hydrogens is 302 g/mol. The fourth-order valence-corrected chi connectivity index (χ4v) is 3.12. The molecule has 5 nitrogen and oxygen atoms in total. The summed E-state index contributed by atoms with van der Waals surface area (Å²) >= 11 is 0. The Morgan fingerprint density at radius 1 is 1.46 bits per heavy atom. The lowest BCUT2D eigenvalue weighted by Crippen LogP contribution is -2.55. The molecule has 2 N–H and O–H groups in total. The Labute approximate surface area is 142 Å². The second kappa shape index (κ2) is 7.01. The summed E-state index contributed by atoms with van der Waals surface area (Å²) in [5, 5.41) is 10.4. The maximum atomic E-state index is 12.6. The molecule has 1 atom stereocenters. The zero-order chi connectivity index (χ0) is 17.0.